The molecule has 0 aromatic heterocycles. The van der Waals surface area contributed by atoms with E-state index in [0.29, 0.717) is 18.1 Å². The Balaban J connectivity index is 1.75. The van der Waals surface area contributed by atoms with E-state index in [1.165, 1.54) is 19.3 Å². The zero-order chi connectivity index (χ0) is 21.4. The average molecular weight is 448 g/mol. The van der Waals surface area contributed by atoms with Crippen molar-refractivity contribution in [2.24, 2.45) is 0 Å². The first kappa shape index (κ1) is 23.0. The van der Waals surface area contributed by atoms with E-state index in [4.69, 9.17) is 9.26 Å². The quantitative estimate of drug-likeness (QED) is 0.294. The summed E-state index contributed by atoms with van der Waals surface area (Å²) in [5.74, 6) is 1.07. The zero-order valence-electron chi connectivity index (χ0n) is 17.6. The van der Waals surface area contributed by atoms with Gasteiger partial charge in [-0.2, -0.15) is 0 Å². The van der Waals surface area contributed by atoms with Gasteiger partial charge >= 0.3 is 7.75 Å². The minimum absolute atomic E-state index is 0.364. The molecule has 30 heavy (non-hydrogen) atoms. The van der Waals surface area contributed by atoms with Crippen molar-refractivity contribution in [3.8, 4) is 5.75 Å². The highest BCUT2D eigenvalue weighted by molar-refractivity contribution is 7.99. The van der Waals surface area contributed by atoms with Crippen LogP contribution >= 0.6 is 19.5 Å². The Kier molecular flexibility index (Phi) is 8.46. The lowest BCUT2D eigenvalue weighted by Gasteiger charge is -2.18. The van der Waals surface area contributed by atoms with Crippen molar-refractivity contribution in [3.63, 3.8) is 0 Å². The third-order valence-corrected chi connectivity index (χ3v) is 7.23. The molecule has 1 atom stereocenters. The molecule has 2 aromatic rings. The van der Waals surface area contributed by atoms with E-state index >= 15 is 0 Å². The summed E-state index contributed by atoms with van der Waals surface area (Å²) in [6.07, 6.45) is 8.53. The fourth-order valence-corrected chi connectivity index (χ4v) is 5.43. The van der Waals surface area contributed by atoms with Gasteiger partial charge in [-0.15, -0.1) is 0 Å². The second-order valence-corrected chi connectivity index (χ2v) is 9.86. The van der Waals surface area contributed by atoms with Crippen LogP contribution < -0.4 is 9.82 Å². The maximum atomic E-state index is 12.7. The lowest BCUT2D eigenvalue weighted by atomic mass is 10.1. The standard InChI is InChI=1S/C23H30NO4PS/c1-3-4-5-6-7-10-16-24-29(25,26)28-21-17-18-12-8-9-15-22(18)30-23-19(21)13-11-14-20(23)27-2/h8-9,11-15,17H,3-7,10,16H2,1-2H3,(H2,24,25,26). The number of ether oxygens (including phenoxy) is 1. The fraction of sp³-hybridized carbons (Fsp3) is 0.391. The van der Waals surface area contributed by atoms with Gasteiger partial charge < -0.3 is 14.2 Å². The molecule has 3 rings (SSSR count). The Morgan fingerprint density at radius 3 is 2.60 bits per heavy atom. The second-order valence-electron chi connectivity index (χ2n) is 7.27. The molecular weight excluding hydrogens is 417 g/mol. The maximum absolute atomic E-state index is 12.7. The molecule has 0 fully saturated rings. The fourth-order valence-electron chi connectivity index (χ4n) is 3.36. The van der Waals surface area contributed by atoms with Crippen molar-refractivity contribution < 1.29 is 18.7 Å². The first-order chi connectivity index (χ1) is 14.5. The largest absolute Gasteiger partial charge is 0.496 e. The molecule has 2 aromatic carbocycles. The molecule has 0 spiro atoms. The molecule has 0 bridgehead atoms. The lowest BCUT2D eigenvalue weighted by molar-refractivity contribution is 0.346. The summed E-state index contributed by atoms with van der Waals surface area (Å²) in [6.45, 7) is 2.64. The predicted molar refractivity (Wildman–Crippen MR) is 124 cm³/mol. The van der Waals surface area contributed by atoms with Crippen LogP contribution in [0.3, 0.4) is 0 Å². The smallest absolute Gasteiger partial charge is 0.456 e. The lowest BCUT2D eigenvalue weighted by Crippen LogP contribution is -2.13. The zero-order valence-corrected chi connectivity index (χ0v) is 19.3. The number of rotatable bonds is 11. The van der Waals surface area contributed by atoms with Gasteiger partial charge in [0.15, 0.2) is 0 Å². The van der Waals surface area contributed by atoms with Gasteiger partial charge in [-0.1, -0.05) is 75.1 Å². The molecular formula is C23H30NO4PS. The van der Waals surface area contributed by atoms with E-state index in [1.807, 2.05) is 48.5 Å². The van der Waals surface area contributed by atoms with Gasteiger partial charge in [-0.05, 0) is 36.3 Å². The summed E-state index contributed by atoms with van der Waals surface area (Å²) in [5, 5.41) is 2.71. The highest BCUT2D eigenvalue weighted by atomic mass is 32.2. The molecule has 0 amide bonds. The van der Waals surface area contributed by atoms with Gasteiger partial charge in [0.25, 0.3) is 0 Å². The van der Waals surface area contributed by atoms with Crippen molar-refractivity contribution in [1.82, 2.24) is 5.09 Å². The van der Waals surface area contributed by atoms with Crippen LogP contribution in [0.25, 0.3) is 11.8 Å². The Morgan fingerprint density at radius 2 is 1.80 bits per heavy atom. The summed E-state index contributed by atoms with van der Waals surface area (Å²) in [4.78, 5) is 12.3. The monoisotopic (exact) mass is 447 g/mol. The Bertz CT molecular complexity index is 931. The molecule has 0 radical (unpaired) electrons. The molecule has 0 saturated carbocycles. The van der Waals surface area contributed by atoms with Crippen LogP contribution in [0.2, 0.25) is 0 Å². The van der Waals surface area contributed by atoms with Crippen molar-refractivity contribution in [2.45, 2.75) is 55.2 Å². The van der Waals surface area contributed by atoms with Gasteiger partial charge in [-0.25, -0.2) is 9.65 Å². The Hall–Kier alpha value is -1.72. The number of hydrogen-bond acceptors (Lipinski definition) is 4. The average Bonchev–Trinajstić information content (AvgIpc) is 2.89. The van der Waals surface area contributed by atoms with Crippen LogP contribution in [0, 0.1) is 0 Å². The third kappa shape index (κ3) is 6.14. The minimum Gasteiger partial charge on any atom is -0.496 e. The van der Waals surface area contributed by atoms with Crippen LogP contribution in [-0.4, -0.2) is 18.5 Å². The normalized spacial score (nSPS) is 14.7. The molecule has 1 unspecified atom stereocenters. The van der Waals surface area contributed by atoms with Crippen LogP contribution in [0.1, 0.15) is 56.6 Å². The van der Waals surface area contributed by atoms with Crippen molar-refractivity contribution >= 4 is 31.3 Å². The van der Waals surface area contributed by atoms with Crippen molar-refractivity contribution in [2.75, 3.05) is 13.7 Å². The van der Waals surface area contributed by atoms with Crippen LogP contribution in [-0.2, 0) is 9.09 Å². The van der Waals surface area contributed by atoms with Gasteiger partial charge in [0.2, 0.25) is 0 Å². The van der Waals surface area contributed by atoms with Crippen molar-refractivity contribution in [1.29, 1.82) is 0 Å². The number of nitrogens with one attached hydrogen (secondary N) is 1. The summed E-state index contributed by atoms with van der Waals surface area (Å²) >= 11 is 1.57. The van der Waals surface area contributed by atoms with Crippen LogP contribution in [0.15, 0.2) is 52.3 Å². The molecule has 1 heterocycles. The molecule has 1 aliphatic heterocycles. The Labute approximate surface area is 183 Å². The topological polar surface area (TPSA) is 67.8 Å². The molecule has 0 aliphatic carbocycles. The third-order valence-electron chi connectivity index (χ3n) is 4.95. The van der Waals surface area contributed by atoms with Gasteiger partial charge in [-0.3, -0.25) is 0 Å². The van der Waals surface area contributed by atoms with Crippen LogP contribution in [0.5, 0.6) is 5.75 Å². The van der Waals surface area contributed by atoms with Gasteiger partial charge in [0.05, 0.1) is 12.0 Å². The predicted octanol–water partition coefficient (Wildman–Crippen LogP) is 6.73. The number of methoxy groups -OCH3 is 1. The highest BCUT2D eigenvalue weighted by Gasteiger charge is 2.27. The summed E-state index contributed by atoms with van der Waals surface area (Å²) in [5.41, 5.74) is 1.68. The molecule has 7 heteroatoms. The first-order valence-electron chi connectivity index (χ1n) is 10.5. The SMILES string of the molecule is CCCCCCCCNP(=O)(O)OC1=Cc2ccccc2Sc2c(OC)cccc21. The highest BCUT2D eigenvalue weighted by Crippen LogP contribution is 2.50. The summed E-state index contributed by atoms with van der Waals surface area (Å²) in [6, 6.07) is 13.5. The summed E-state index contributed by atoms with van der Waals surface area (Å²) < 4.78 is 24.0. The van der Waals surface area contributed by atoms with Crippen molar-refractivity contribution in [3.05, 3.63) is 53.6 Å². The molecule has 2 N–H and O–H groups in total. The Morgan fingerprint density at radius 1 is 1.03 bits per heavy atom. The maximum Gasteiger partial charge on any atom is 0.456 e. The number of benzene rings is 2. The van der Waals surface area contributed by atoms with Gasteiger partial charge in [0, 0.05) is 17.0 Å². The molecule has 1 aliphatic rings. The molecule has 162 valence electrons. The van der Waals surface area contributed by atoms with E-state index in [9.17, 15) is 9.46 Å². The van der Waals surface area contributed by atoms with E-state index in [0.717, 1.165) is 40.2 Å². The number of hydrogen-bond donors (Lipinski definition) is 2. The first-order valence-corrected chi connectivity index (χ1v) is 12.9. The van der Waals surface area contributed by atoms with E-state index in [-0.39, 0.29) is 0 Å². The number of unbranched alkanes of at least 4 members (excludes halogenated alkanes) is 5. The van der Waals surface area contributed by atoms with E-state index < -0.39 is 7.75 Å². The second kappa shape index (κ2) is 11.1. The number of fused-ring (bicyclic) bond motifs is 2. The van der Waals surface area contributed by atoms with E-state index in [2.05, 4.69) is 12.0 Å². The molecule has 5 nitrogen and oxygen atoms in total. The summed E-state index contributed by atoms with van der Waals surface area (Å²) in [7, 11) is -2.38. The molecule has 0 saturated heterocycles. The van der Waals surface area contributed by atoms with E-state index in [1.54, 1.807) is 18.9 Å². The van der Waals surface area contributed by atoms with Crippen LogP contribution in [0.4, 0.5) is 0 Å². The van der Waals surface area contributed by atoms with Gasteiger partial charge in [0.1, 0.15) is 11.5 Å². The minimum atomic E-state index is -4.00.